The Labute approximate surface area is 73.9 Å². The molecule has 0 spiro atoms. The molecule has 0 amide bonds. The van der Waals surface area contributed by atoms with Crippen molar-refractivity contribution in [3.8, 4) is 12.3 Å². The first-order chi connectivity index (χ1) is 5.65. The summed E-state index contributed by atoms with van der Waals surface area (Å²) in [5.41, 5.74) is 0. The predicted octanol–water partition coefficient (Wildman–Crippen LogP) is 0.919. The highest BCUT2D eigenvalue weighted by molar-refractivity contribution is 5.82. The molecule has 0 bridgehead atoms. The summed E-state index contributed by atoms with van der Waals surface area (Å²) >= 11 is 0. The Bertz CT molecular complexity index is 216. The highest BCUT2D eigenvalue weighted by atomic mass is 16.1. The second kappa shape index (κ2) is 3.73. The Hall–Kier alpha value is -0.810. The molecule has 12 heavy (non-hydrogen) atoms. The number of piperidine rings is 1. The maximum Gasteiger partial charge on any atom is 0.138 e. The number of hydrogen-bond acceptors (Lipinski definition) is 2. The molecule has 2 nitrogen and oxygen atoms in total. The molecule has 0 aromatic heterocycles. The maximum atomic E-state index is 11.3. The molecule has 1 saturated heterocycles. The Kier molecular flexibility index (Phi) is 2.88. The van der Waals surface area contributed by atoms with Crippen molar-refractivity contribution in [3.63, 3.8) is 0 Å². The van der Waals surface area contributed by atoms with Crippen LogP contribution < -0.4 is 0 Å². The summed E-state index contributed by atoms with van der Waals surface area (Å²) in [6.07, 6.45) is 5.88. The van der Waals surface area contributed by atoms with Gasteiger partial charge in [0.2, 0.25) is 0 Å². The third-order valence-electron chi connectivity index (χ3n) is 2.47. The molecule has 0 N–H and O–H groups in total. The van der Waals surface area contributed by atoms with Gasteiger partial charge in [0.05, 0.1) is 6.54 Å². The van der Waals surface area contributed by atoms with Crippen LogP contribution in [0.1, 0.15) is 20.3 Å². The van der Waals surface area contributed by atoms with E-state index in [0.29, 0.717) is 24.8 Å². The van der Waals surface area contributed by atoms with Crippen LogP contribution in [-0.4, -0.2) is 29.8 Å². The number of ketones is 1. The monoisotopic (exact) mass is 165 g/mol. The minimum absolute atomic E-state index is 0.162. The number of hydrogen-bond donors (Lipinski definition) is 0. The summed E-state index contributed by atoms with van der Waals surface area (Å²) in [7, 11) is 0. The van der Waals surface area contributed by atoms with E-state index in [-0.39, 0.29) is 5.92 Å². The number of terminal acetylenes is 1. The van der Waals surface area contributed by atoms with E-state index in [0.717, 1.165) is 6.54 Å². The van der Waals surface area contributed by atoms with Gasteiger partial charge in [-0.2, -0.15) is 0 Å². The standard InChI is InChI=1S/C10H15NO/c1-4-5-11-7-8(2)10(12)6-9(11)3/h1,8-9H,5-7H2,2-3H3/t8-,9+/m1/s1. The van der Waals surface area contributed by atoms with Gasteiger partial charge in [-0.1, -0.05) is 12.8 Å². The molecule has 2 heteroatoms. The topological polar surface area (TPSA) is 20.3 Å². The van der Waals surface area contributed by atoms with E-state index in [9.17, 15) is 4.79 Å². The molecular weight excluding hydrogens is 150 g/mol. The van der Waals surface area contributed by atoms with Gasteiger partial charge in [-0.15, -0.1) is 6.42 Å². The van der Waals surface area contributed by atoms with Crippen LogP contribution in [0, 0.1) is 18.3 Å². The molecule has 1 aliphatic rings. The minimum atomic E-state index is 0.162. The van der Waals surface area contributed by atoms with Gasteiger partial charge in [0.1, 0.15) is 5.78 Å². The second-order valence-electron chi connectivity index (χ2n) is 3.55. The molecule has 66 valence electrons. The van der Waals surface area contributed by atoms with Crippen LogP contribution in [0.3, 0.4) is 0 Å². The summed E-state index contributed by atoms with van der Waals surface area (Å²) in [5, 5.41) is 0. The average molecular weight is 165 g/mol. The summed E-state index contributed by atoms with van der Waals surface area (Å²) in [5.74, 6) is 3.15. The summed E-state index contributed by atoms with van der Waals surface area (Å²) in [6, 6.07) is 0.324. The van der Waals surface area contributed by atoms with Gasteiger partial charge in [-0.05, 0) is 6.92 Å². The quantitative estimate of drug-likeness (QED) is 0.538. The Morgan fingerprint density at radius 3 is 2.92 bits per heavy atom. The number of carbonyl (C=O) groups excluding carboxylic acids is 1. The van der Waals surface area contributed by atoms with Crippen molar-refractivity contribution in [3.05, 3.63) is 0 Å². The van der Waals surface area contributed by atoms with Gasteiger partial charge < -0.3 is 0 Å². The van der Waals surface area contributed by atoms with Crippen LogP contribution in [0.5, 0.6) is 0 Å². The number of rotatable bonds is 1. The summed E-state index contributed by atoms with van der Waals surface area (Å²) < 4.78 is 0. The highest BCUT2D eigenvalue weighted by Crippen LogP contribution is 2.17. The van der Waals surface area contributed by atoms with Crippen molar-refractivity contribution < 1.29 is 4.79 Å². The van der Waals surface area contributed by atoms with Crippen molar-refractivity contribution in [2.75, 3.05) is 13.1 Å². The highest BCUT2D eigenvalue weighted by Gasteiger charge is 2.28. The molecule has 0 aliphatic carbocycles. The van der Waals surface area contributed by atoms with Crippen LogP contribution in [0.15, 0.2) is 0 Å². The fourth-order valence-electron chi connectivity index (χ4n) is 1.59. The van der Waals surface area contributed by atoms with Gasteiger partial charge in [0.15, 0.2) is 0 Å². The zero-order valence-corrected chi connectivity index (χ0v) is 7.71. The van der Waals surface area contributed by atoms with Crippen molar-refractivity contribution in [1.82, 2.24) is 4.90 Å². The van der Waals surface area contributed by atoms with Crippen LogP contribution in [-0.2, 0) is 4.79 Å². The number of likely N-dealkylation sites (tertiary alicyclic amines) is 1. The van der Waals surface area contributed by atoms with Crippen LogP contribution >= 0.6 is 0 Å². The van der Waals surface area contributed by atoms with Gasteiger partial charge in [-0.25, -0.2) is 0 Å². The van der Waals surface area contributed by atoms with E-state index < -0.39 is 0 Å². The third-order valence-corrected chi connectivity index (χ3v) is 2.47. The maximum absolute atomic E-state index is 11.3. The van der Waals surface area contributed by atoms with Crippen LogP contribution in [0.4, 0.5) is 0 Å². The molecule has 0 unspecified atom stereocenters. The normalized spacial score (nSPS) is 31.6. The zero-order chi connectivity index (χ0) is 9.14. The molecule has 0 radical (unpaired) electrons. The molecule has 2 atom stereocenters. The molecule has 1 aliphatic heterocycles. The summed E-state index contributed by atoms with van der Waals surface area (Å²) in [4.78, 5) is 13.5. The predicted molar refractivity (Wildman–Crippen MR) is 48.7 cm³/mol. The largest absolute Gasteiger partial charge is 0.299 e. The first-order valence-corrected chi connectivity index (χ1v) is 4.35. The molecule has 0 aromatic carbocycles. The lowest BCUT2D eigenvalue weighted by Gasteiger charge is -2.34. The zero-order valence-electron chi connectivity index (χ0n) is 7.71. The lowest BCUT2D eigenvalue weighted by Crippen LogP contribution is -2.45. The Morgan fingerprint density at radius 1 is 1.67 bits per heavy atom. The van der Waals surface area contributed by atoms with E-state index in [4.69, 9.17) is 6.42 Å². The van der Waals surface area contributed by atoms with Gasteiger partial charge in [0.25, 0.3) is 0 Å². The van der Waals surface area contributed by atoms with Crippen molar-refractivity contribution in [2.24, 2.45) is 5.92 Å². The fraction of sp³-hybridized carbons (Fsp3) is 0.700. The van der Waals surface area contributed by atoms with Gasteiger partial charge in [-0.3, -0.25) is 9.69 Å². The molecule has 0 saturated carbocycles. The first-order valence-electron chi connectivity index (χ1n) is 4.35. The van der Waals surface area contributed by atoms with Crippen molar-refractivity contribution in [1.29, 1.82) is 0 Å². The minimum Gasteiger partial charge on any atom is -0.299 e. The molecule has 1 rings (SSSR count). The average Bonchev–Trinajstić information content (AvgIpc) is 2.01. The molecular formula is C10H15NO. The van der Waals surface area contributed by atoms with E-state index in [2.05, 4.69) is 17.7 Å². The second-order valence-corrected chi connectivity index (χ2v) is 3.55. The Balaban J connectivity index is 2.56. The number of Topliss-reactive ketones (excluding diaryl/α,β-unsaturated/α-hetero) is 1. The number of carbonyl (C=O) groups is 1. The van der Waals surface area contributed by atoms with Crippen molar-refractivity contribution >= 4 is 5.78 Å². The SMILES string of the molecule is C#CCN1C[C@@H](C)C(=O)C[C@@H]1C. The van der Waals surface area contributed by atoms with E-state index in [1.54, 1.807) is 0 Å². The van der Waals surface area contributed by atoms with E-state index >= 15 is 0 Å². The lowest BCUT2D eigenvalue weighted by molar-refractivity contribution is -0.127. The van der Waals surface area contributed by atoms with E-state index in [1.165, 1.54) is 0 Å². The number of nitrogens with zero attached hydrogens (tertiary/aromatic N) is 1. The lowest BCUT2D eigenvalue weighted by atomic mass is 9.94. The molecule has 1 fully saturated rings. The first kappa shape index (κ1) is 9.28. The van der Waals surface area contributed by atoms with Crippen molar-refractivity contribution in [2.45, 2.75) is 26.3 Å². The molecule has 1 heterocycles. The van der Waals surface area contributed by atoms with Gasteiger partial charge >= 0.3 is 0 Å². The smallest absolute Gasteiger partial charge is 0.138 e. The fourth-order valence-corrected chi connectivity index (χ4v) is 1.59. The molecule has 0 aromatic rings. The van der Waals surface area contributed by atoms with Crippen LogP contribution in [0.25, 0.3) is 0 Å². The van der Waals surface area contributed by atoms with E-state index in [1.807, 2.05) is 6.92 Å². The Morgan fingerprint density at radius 2 is 2.33 bits per heavy atom. The summed E-state index contributed by atoms with van der Waals surface area (Å²) in [6.45, 7) is 5.52. The van der Waals surface area contributed by atoms with Gasteiger partial charge in [0, 0.05) is 24.9 Å². The van der Waals surface area contributed by atoms with Crippen LogP contribution in [0.2, 0.25) is 0 Å². The third kappa shape index (κ3) is 1.86.